The first-order valence-electron chi connectivity index (χ1n) is 5.31. The fraction of sp³-hybridized carbons (Fsp3) is 0.0909. The van der Waals surface area contributed by atoms with Gasteiger partial charge in [-0.05, 0) is 29.5 Å². The van der Waals surface area contributed by atoms with E-state index in [9.17, 15) is 19.9 Å². The van der Waals surface area contributed by atoms with Crippen LogP contribution in [0.1, 0.15) is 5.56 Å². The molecular formula is C11H10N2O6S. The van der Waals surface area contributed by atoms with Crippen molar-refractivity contribution in [3.8, 4) is 11.5 Å². The standard InChI is InChI=1S/C11H10N2O6S/c1-19-7-3-5(2-6(9(7)14)13(17)18)4-8-10(15)12-11(16)20-8/h2-4,13-14,17H,1H3,(H,12,15,16)/b8-4-. The summed E-state index contributed by atoms with van der Waals surface area (Å²) < 4.78 is 4.87. The third-order valence-electron chi connectivity index (χ3n) is 2.49. The lowest BCUT2D eigenvalue weighted by Gasteiger charge is -2.15. The van der Waals surface area contributed by atoms with Crippen LogP contribution in [-0.2, 0) is 4.79 Å². The summed E-state index contributed by atoms with van der Waals surface area (Å²) in [5.74, 6) is -1.09. The number of carbonyl (C=O) groups is 2. The second kappa shape index (κ2) is 5.51. The summed E-state index contributed by atoms with van der Waals surface area (Å²) in [6.07, 6.45) is 1.35. The van der Waals surface area contributed by atoms with Gasteiger partial charge in [-0.15, -0.1) is 0 Å². The van der Waals surface area contributed by atoms with Crippen LogP contribution in [0, 0.1) is 5.21 Å². The molecule has 1 aliphatic heterocycles. The number of phenolic OH excluding ortho intramolecular Hbond substituents is 1. The highest BCUT2D eigenvalue weighted by Crippen LogP contribution is 2.35. The molecule has 8 nitrogen and oxygen atoms in total. The second-order valence-corrected chi connectivity index (χ2v) is 4.79. The maximum Gasteiger partial charge on any atom is 0.290 e. The molecule has 1 unspecified atom stereocenters. The van der Waals surface area contributed by atoms with Crippen LogP contribution in [0.2, 0.25) is 0 Å². The number of amides is 2. The van der Waals surface area contributed by atoms with Crippen molar-refractivity contribution in [3.05, 3.63) is 27.8 Å². The van der Waals surface area contributed by atoms with E-state index < -0.39 is 22.1 Å². The Kier molecular flexibility index (Phi) is 3.95. The van der Waals surface area contributed by atoms with Gasteiger partial charge in [-0.3, -0.25) is 14.9 Å². The summed E-state index contributed by atoms with van der Waals surface area (Å²) in [4.78, 5) is 22.6. The largest absolute Gasteiger partial charge is 0.595 e. The number of ether oxygens (including phenoxy) is 1. The number of hydrogen-bond donors (Lipinski definition) is 4. The molecule has 1 aromatic carbocycles. The van der Waals surface area contributed by atoms with E-state index in [4.69, 9.17) is 9.94 Å². The summed E-state index contributed by atoms with van der Waals surface area (Å²) in [6.45, 7) is 0. The first kappa shape index (κ1) is 14.3. The van der Waals surface area contributed by atoms with Crippen molar-refractivity contribution in [2.45, 2.75) is 0 Å². The van der Waals surface area contributed by atoms with Crippen LogP contribution in [0.25, 0.3) is 6.08 Å². The van der Waals surface area contributed by atoms with E-state index in [1.807, 2.05) is 0 Å². The highest BCUT2D eigenvalue weighted by atomic mass is 32.2. The molecular weight excluding hydrogens is 288 g/mol. The zero-order chi connectivity index (χ0) is 14.9. The SMILES string of the molecule is COc1cc(/C=C2\SC(=O)NC2=O)cc([NH+]([O-])O)c1O. The highest BCUT2D eigenvalue weighted by Gasteiger charge is 2.25. The van der Waals surface area contributed by atoms with Gasteiger partial charge in [0.15, 0.2) is 5.75 Å². The van der Waals surface area contributed by atoms with Crippen molar-refractivity contribution in [1.82, 2.24) is 5.32 Å². The summed E-state index contributed by atoms with van der Waals surface area (Å²) in [5.41, 5.74) is -0.0321. The number of benzene rings is 1. The molecule has 0 radical (unpaired) electrons. The molecule has 1 heterocycles. The number of hydrogen-bond acceptors (Lipinski definition) is 7. The van der Waals surface area contributed by atoms with E-state index >= 15 is 0 Å². The minimum absolute atomic E-state index is 0.0357. The topological polar surface area (TPSA) is 123 Å². The Hall–Kier alpha value is -2.07. The van der Waals surface area contributed by atoms with E-state index in [0.29, 0.717) is 17.3 Å². The lowest BCUT2D eigenvalue weighted by Crippen LogP contribution is -2.99. The zero-order valence-electron chi connectivity index (χ0n) is 10.2. The van der Waals surface area contributed by atoms with Gasteiger partial charge in [-0.1, -0.05) is 0 Å². The minimum atomic E-state index is -1.33. The summed E-state index contributed by atoms with van der Waals surface area (Å²) in [6, 6.07) is 2.55. The first-order valence-corrected chi connectivity index (χ1v) is 6.13. The number of aromatic hydroxyl groups is 1. The van der Waals surface area contributed by atoms with Crippen molar-refractivity contribution in [2.75, 3.05) is 7.11 Å². The van der Waals surface area contributed by atoms with Gasteiger partial charge < -0.3 is 15.1 Å². The normalized spacial score (nSPS) is 18.2. The van der Waals surface area contributed by atoms with E-state index in [1.54, 1.807) is 0 Å². The molecule has 1 saturated heterocycles. The fourth-order valence-electron chi connectivity index (χ4n) is 1.60. The lowest BCUT2D eigenvalue weighted by molar-refractivity contribution is -0.991. The lowest BCUT2D eigenvalue weighted by atomic mass is 10.1. The van der Waals surface area contributed by atoms with E-state index in [-0.39, 0.29) is 16.3 Å². The fourth-order valence-corrected chi connectivity index (χ4v) is 2.29. The molecule has 1 atom stereocenters. The number of methoxy groups -OCH3 is 1. The number of thioether (sulfide) groups is 1. The highest BCUT2D eigenvalue weighted by molar-refractivity contribution is 8.18. The molecule has 1 fully saturated rings. The van der Waals surface area contributed by atoms with Gasteiger partial charge in [0.05, 0.1) is 12.0 Å². The molecule has 0 aromatic heterocycles. The van der Waals surface area contributed by atoms with Crippen LogP contribution >= 0.6 is 11.8 Å². The maximum absolute atomic E-state index is 11.4. The van der Waals surface area contributed by atoms with Gasteiger partial charge in [0, 0.05) is 6.07 Å². The second-order valence-electron chi connectivity index (χ2n) is 3.78. The molecule has 9 heteroatoms. The number of carbonyl (C=O) groups excluding carboxylic acids is 2. The third kappa shape index (κ3) is 2.75. The van der Waals surface area contributed by atoms with Gasteiger partial charge >= 0.3 is 0 Å². The number of imide groups is 1. The van der Waals surface area contributed by atoms with Gasteiger partial charge in [0.1, 0.15) is 0 Å². The Bertz CT molecular complexity index is 613. The maximum atomic E-state index is 11.4. The first-order chi connectivity index (χ1) is 9.42. The Morgan fingerprint density at radius 1 is 1.45 bits per heavy atom. The summed E-state index contributed by atoms with van der Waals surface area (Å²) in [5, 5.41) is 29.9. The van der Waals surface area contributed by atoms with E-state index in [1.165, 1.54) is 25.3 Å². The minimum Gasteiger partial charge on any atom is -0.595 e. The Balaban J connectivity index is 2.47. The molecule has 0 aliphatic carbocycles. The predicted molar refractivity (Wildman–Crippen MR) is 69.5 cm³/mol. The number of quaternary nitrogens is 1. The Labute approximate surface area is 117 Å². The molecule has 0 bridgehead atoms. The molecule has 2 amide bonds. The van der Waals surface area contributed by atoms with Gasteiger partial charge in [-0.2, -0.15) is 5.23 Å². The molecule has 4 N–H and O–H groups in total. The summed E-state index contributed by atoms with van der Waals surface area (Å²) in [7, 11) is 1.28. The van der Waals surface area contributed by atoms with Crippen molar-refractivity contribution in [3.63, 3.8) is 0 Å². The Morgan fingerprint density at radius 3 is 2.65 bits per heavy atom. The molecule has 0 saturated carbocycles. The van der Waals surface area contributed by atoms with Crippen LogP contribution < -0.4 is 15.3 Å². The molecule has 20 heavy (non-hydrogen) atoms. The van der Waals surface area contributed by atoms with Gasteiger partial charge in [-0.25, -0.2) is 5.21 Å². The third-order valence-corrected chi connectivity index (χ3v) is 3.30. The zero-order valence-corrected chi connectivity index (χ0v) is 11.0. The molecule has 1 aromatic rings. The summed E-state index contributed by atoms with van der Waals surface area (Å²) >= 11 is 0.711. The van der Waals surface area contributed by atoms with Gasteiger partial charge in [0.2, 0.25) is 11.4 Å². The number of rotatable bonds is 3. The van der Waals surface area contributed by atoms with Crippen molar-refractivity contribution >= 4 is 34.7 Å². The van der Waals surface area contributed by atoms with E-state index in [2.05, 4.69) is 5.32 Å². The molecule has 0 spiro atoms. The van der Waals surface area contributed by atoms with Crippen molar-refractivity contribution < 1.29 is 29.9 Å². The quantitative estimate of drug-likeness (QED) is 0.355. The van der Waals surface area contributed by atoms with Crippen LogP contribution in [0.4, 0.5) is 10.5 Å². The number of nitrogens with one attached hydrogen (secondary N) is 2. The monoisotopic (exact) mass is 298 g/mol. The molecule has 106 valence electrons. The predicted octanol–water partition coefficient (Wildman–Crippen LogP) is 0.128. The number of phenols is 1. The molecule has 1 aliphatic rings. The average Bonchev–Trinajstić information content (AvgIpc) is 2.69. The van der Waals surface area contributed by atoms with Crippen molar-refractivity contribution in [1.29, 1.82) is 0 Å². The van der Waals surface area contributed by atoms with Crippen LogP contribution in [0.3, 0.4) is 0 Å². The van der Waals surface area contributed by atoms with Crippen LogP contribution in [0.5, 0.6) is 11.5 Å². The van der Waals surface area contributed by atoms with Crippen molar-refractivity contribution in [2.24, 2.45) is 0 Å². The Morgan fingerprint density at radius 2 is 2.15 bits per heavy atom. The average molecular weight is 298 g/mol. The van der Waals surface area contributed by atoms with E-state index in [0.717, 1.165) is 0 Å². The van der Waals surface area contributed by atoms with Crippen LogP contribution in [0.15, 0.2) is 17.0 Å². The molecule has 2 rings (SSSR count). The van der Waals surface area contributed by atoms with Crippen LogP contribution in [-0.4, -0.2) is 28.6 Å². The van der Waals surface area contributed by atoms with Gasteiger partial charge in [0.25, 0.3) is 11.1 Å². The smallest absolute Gasteiger partial charge is 0.290 e.